The van der Waals surface area contributed by atoms with Gasteiger partial charge in [0, 0.05) is 24.4 Å². The number of rotatable bonds is 3. The molecular formula is C17H29Cl2N3OS. The second-order valence-corrected chi connectivity index (χ2v) is 8.11. The lowest BCUT2D eigenvalue weighted by molar-refractivity contribution is -0.138. The van der Waals surface area contributed by atoms with E-state index in [9.17, 15) is 4.79 Å². The first-order valence-corrected chi connectivity index (χ1v) is 9.41. The Morgan fingerprint density at radius 3 is 2.58 bits per heavy atom. The van der Waals surface area contributed by atoms with Crippen LogP contribution in [0.1, 0.15) is 74.9 Å². The van der Waals surface area contributed by atoms with Gasteiger partial charge in [-0.1, -0.05) is 26.7 Å². The molecule has 1 aliphatic carbocycles. The molecule has 7 heteroatoms. The number of aromatic nitrogens is 1. The molecular weight excluding hydrogens is 365 g/mol. The Hall–Kier alpha value is -0.360. The van der Waals surface area contributed by atoms with E-state index in [2.05, 4.69) is 19.2 Å². The molecule has 0 aromatic carbocycles. The third-order valence-electron chi connectivity index (χ3n) is 5.11. The maximum Gasteiger partial charge on any atom is 0.242 e. The highest BCUT2D eigenvalue weighted by molar-refractivity contribution is 7.09. The van der Waals surface area contributed by atoms with Gasteiger partial charge in [-0.15, -0.1) is 36.2 Å². The molecule has 0 radical (unpaired) electrons. The first-order valence-electron chi connectivity index (χ1n) is 8.53. The largest absolute Gasteiger partial charge is 0.340 e. The number of nitrogens with zero attached hydrogens (tertiary/aromatic N) is 2. The summed E-state index contributed by atoms with van der Waals surface area (Å²) in [6, 6.07) is 0. The monoisotopic (exact) mass is 393 g/mol. The number of carbonyl (C=O) groups excluding carboxylic acids is 1. The number of hydrogen-bond acceptors (Lipinski definition) is 4. The Morgan fingerprint density at radius 2 is 2.00 bits per heavy atom. The summed E-state index contributed by atoms with van der Waals surface area (Å²) in [6.07, 6.45) is 6.06. The first kappa shape index (κ1) is 21.7. The van der Waals surface area contributed by atoms with Crippen LogP contribution in [0.5, 0.6) is 0 Å². The van der Waals surface area contributed by atoms with E-state index >= 15 is 0 Å². The minimum absolute atomic E-state index is 0. The molecule has 0 bridgehead atoms. The number of piperidine rings is 1. The van der Waals surface area contributed by atoms with E-state index < -0.39 is 5.54 Å². The van der Waals surface area contributed by atoms with E-state index in [1.165, 1.54) is 10.7 Å². The average Bonchev–Trinajstić information content (AvgIpc) is 3.16. The zero-order valence-corrected chi connectivity index (χ0v) is 16.9. The molecule has 1 saturated carbocycles. The standard InChI is InChI=1S/C17H27N3OS.2ClH/c1-12(2)14-11-22-15(19-14)13-6-5-9-20(10-13)16(21)17(18)7-3-4-8-17;;/h11-13H,3-10,18H2,1-2H3;2*1H. The molecule has 1 atom stereocenters. The maximum atomic E-state index is 12.8. The van der Waals surface area contributed by atoms with Gasteiger partial charge in [-0.25, -0.2) is 4.98 Å². The van der Waals surface area contributed by atoms with Crippen LogP contribution in [0.3, 0.4) is 0 Å². The van der Waals surface area contributed by atoms with Gasteiger partial charge in [0.1, 0.15) is 0 Å². The first-order chi connectivity index (χ1) is 10.5. The van der Waals surface area contributed by atoms with Gasteiger partial charge >= 0.3 is 0 Å². The predicted octanol–water partition coefficient (Wildman–Crippen LogP) is 4.09. The number of carbonyl (C=O) groups is 1. The number of nitrogens with two attached hydrogens (primary N) is 1. The maximum absolute atomic E-state index is 12.8. The second kappa shape index (κ2) is 8.84. The van der Waals surface area contributed by atoms with Crippen molar-refractivity contribution in [3.05, 3.63) is 16.1 Å². The fourth-order valence-electron chi connectivity index (χ4n) is 3.65. The Morgan fingerprint density at radius 1 is 1.33 bits per heavy atom. The molecule has 1 amide bonds. The minimum Gasteiger partial charge on any atom is -0.340 e. The van der Waals surface area contributed by atoms with E-state index in [0.29, 0.717) is 11.8 Å². The SMILES string of the molecule is CC(C)c1csc(C2CCCN(C(=O)C3(N)CCCC3)C2)n1.Cl.Cl. The van der Waals surface area contributed by atoms with Crippen molar-refractivity contribution in [2.75, 3.05) is 13.1 Å². The third kappa shape index (κ3) is 4.43. The molecule has 1 unspecified atom stereocenters. The summed E-state index contributed by atoms with van der Waals surface area (Å²) in [4.78, 5) is 19.6. The normalized spacial score (nSPS) is 22.8. The van der Waals surface area contributed by atoms with Gasteiger partial charge in [-0.3, -0.25) is 4.79 Å². The van der Waals surface area contributed by atoms with E-state index in [1.807, 2.05) is 4.90 Å². The number of thiazole rings is 1. The molecule has 138 valence electrons. The Bertz CT molecular complexity index is 544. The highest BCUT2D eigenvalue weighted by Gasteiger charge is 2.41. The van der Waals surface area contributed by atoms with Crippen LogP contribution in [0.4, 0.5) is 0 Å². The van der Waals surface area contributed by atoms with Gasteiger partial charge in [0.2, 0.25) is 5.91 Å². The van der Waals surface area contributed by atoms with E-state index in [-0.39, 0.29) is 30.7 Å². The summed E-state index contributed by atoms with van der Waals surface area (Å²) in [7, 11) is 0. The van der Waals surface area contributed by atoms with Crippen LogP contribution in [0.2, 0.25) is 0 Å². The Labute approximate surface area is 161 Å². The van der Waals surface area contributed by atoms with Crippen LogP contribution < -0.4 is 5.73 Å². The van der Waals surface area contributed by atoms with Gasteiger partial charge in [0.15, 0.2) is 0 Å². The molecule has 2 aliphatic rings. The molecule has 1 aromatic heterocycles. The molecule has 24 heavy (non-hydrogen) atoms. The molecule has 0 spiro atoms. The molecule has 1 aromatic rings. The number of likely N-dealkylation sites (tertiary alicyclic amines) is 1. The van der Waals surface area contributed by atoms with Crippen molar-refractivity contribution in [1.29, 1.82) is 0 Å². The highest BCUT2D eigenvalue weighted by Crippen LogP contribution is 2.34. The van der Waals surface area contributed by atoms with Crippen LogP contribution in [-0.2, 0) is 4.79 Å². The zero-order valence-electron chi connectivity index (χ0n) is 14.5. The summed E-state index contributed by atoms with van der Waals surface area (Å²) >= 11 is 1.75. The van der Waals surface area contributed by atoms with Gasteiger partial charge in [0.25, 0.3) is 0 Å². The summed E-state index contributed by atoms with van der Waals surface area (Å²) in [5.41, 5.74) is 6.94. The molecule has 1 saturated heterocycles. The molecule has 4 nitrogen and oxygen atoms in total. The number of halogens is 2. The van der Waals surface area contributed by atoms with Gasteiger partial charge in [-0.05, 0) is 31.6 Å². The van der Waals surface area contributed by atoms with E-state index in [0.717, 1.165) is 51.6 Å². The van der Waals surface area contributed by atoms with E-state index in [1.54, 1.807) is 11.3 Å². The summed E-state index contributed by atoms with van der Waals surface area (Å²) < 4.78 is 0. The van der Waals surface area contributed by atoms with Crippen LogP contribution in [-0.4, -0.2) is 34.4 Å². The Balaban J connectivity index is 0.00000144. The van der Waals surface area contributed by atoms with Crippen molar-refractivity contribution in [3.8, 4) is 0 Å². The minimum atomic E-state index is -0.589. The van der Waals surface area contributed by atoms with Crippen molar-refractivity contribution in [1.82, 2.24) is 9.88 Å². The van der Waals surface area contributed by atoms with Crippen molar-refractivity contribution in [2.45, 2.75) is 69.7 Å². The molecule has 1 aliphatic heterocycles. The number of hydrogen-bond donors (Lipinski definition) is 1. The fraction of sp³-hybridized carbons (Fsp3) is 0.765. The fourth-order valence-corrected chi connectivity index (χ4v) is 4.76. The van der Waals surface area contributed by atoms with Gasteiger partial charge in [0.05, 0.1) is 16.2 Å². The second-order valence-electron chi connectivity index (χ2n) is 7.22. The topological polar surface area (TPSA) is 59.2 Å². The van der Waals surface area contributed by atoms with E-state index in [4.69, 9.17) is 10.7 Å². The van der Waals surface area contributed by atoms with Crippen molar-refractivity contribution in [3.63, 3.8) is 0 Å². The molecule has 2 N–H and O–H groups in total. The zero-order chi connectivity index (χ0) is 15.7. The van der Waals surface area contributed by atoms with Crippen LogP contribution in [0.25, 0.3) is 0 Å². The van der Waals surface area contributed by atoms with Crippen LogP contribution >= 0.6 is 36.2 Å². The van der Waals surface area contributed by atoms with Crippen molar-refractivity contribution < 1.29 is 4.79 Å². The van der Waals surface area contributed by atoms with Crippen molar-refractivity contribution >= 4 is 42.1 Å². The quantitative estimate of drug-likeness (QED) is 0.840. The molecule has 3 rings (SSSR count). The summed E-state index contributed by atoms with van der Waals surface area (Å²) in [6.45, 7) is 6.00. The van der Waals surface area contributed by atoms with Crippen LogP contribution in [0, 0.1) is 0 Å². The molecule has 2 heterocycles. The van der Waals surface area contributed by atoms with Gasteiger partial charge < -0.3 is 10.6 Å². The highest BCUT2D eigenvalue weighted by atomic mass is 35.5. The summed E-state index contributed by atoms with van der Waals surface area (Å²) in [5, 5.41) is 3.36. The van der Waals surface area contributed by atoms with Crippen molar-refractivity contribution in [2.24, 2.45) is 5.73 Å². The average molecular weight is 394 g/mol. The predicted molar refractivity (Wildman–Crippen MR) is 105 cm³/mol. The van der Waals surface area contributed by atoms with Crippen LogP contribution in [0.15, 0.2) is 5.38 Å². The lowest BCUT2D eigenvalue weighted by atomic mass is 9.93. The molecule has 2 fully saturated rings. The number of amides is 1. The smallest absolute Gasteiger partial charge is 0.242 e. The van der Waals surface area contributed by atoms with Gasteiger partial charge in [-0.2, -0.15) is 0 Å². The lowest BCUT2D eigenvalue weighted by Crippen LogP contribution is -2.55. The Kier molecular flexibility index (Phi) is 7.98. The third-order valence-corrected chi connectivity index (χ3v) is 6.14. The summed E-state index contributed by atoms with van der Waals surface area (Å²) in [5.74, 6) is 1.03. The lowest BCUT2D eigenvalue weighted by Gasteiger charge is -2.37.